The molecule has 1 heterocycles. The monoisotopic (exact) mass is 307 g/mol. The van der Waals surface area contributed by atoms with Gasteiger partial charge < -0.3 is 15.8 Å². The van der Waals surface area contributed by atoms with Crippen LogP contribution >= 0.6 is 23.6 Å². The number of rotatable bonds is 5. The number of nitrogens with zero attached hydrogens (tertiary/aromatic N) is 1. The van der Waals surface area contributed by atoms with E-state index in [1.54, 1.807) is 36.7 Å². The fourth-order valence-electron chi connectivity index (χ4n) is 1.50. The Balaban J connectivity index is 1.99. The summed E-state index contributed by atoms with van der Waals surface area (Å²) in [5.41, 5.74) is 8.41. The molecule has 1 aromatic heterocycles. The molecule has 0 atom stereocenters. The summed E-state index contributed by atoms with van der Waals surface area (Å²) in [4.78, 5) is 16.9. The normalized spacial score (nSPS) is 10.1. The van der Waals surface area contributed by atoms with Gasteiger partial charge >= 0.3 is 0 Å². The van der Waals surface area contributed by atoms with Crippen molar-refractivity contribution in [3.8, 4) is 5.75 Å². The lowest BCUT2D eigenvalue weighted by Gasteiger charge is -2.07. The first-order valence-corrected chi connectivity index (χ1v) is 7.07. The Bertz CT molecular complexity index is 623. The van der Waals surface area contributed by atoms with Crippen LogP contribution in [-0.4, -0.2) is 22.5 Å². The first-order chi connectivity index (χ1) is 9.56. The number of aromatic nitrogens is 1. The van der Waals surface area contributed by atoms with Crippen LogP contribution in [0.15, 0.2) is 29.8 Å². The van der Waals surface area contributed by atoms with Crippen LogP contribution in [-0.2, 0) is 0 Å². The van der Waals surface area contributed by atoms with E-state index >= 15 is 0 Å². The fourth-order valence-corrected chi connectivity index (χ4v) is 2.25. The van der Waals surface area contributed by atoms with Gasteiger partial charge in [0, 0.05) is 5.69 Å². The molecular formula is C13H13N3O2S2. The quantitative estimate of drug-likeness (QED) is 0.829. The lowest BCUT2D eigenvalue weighted by Crippen LogP contribution is -2.17. The summed E-state index contributed by atoms with van der Waals surface area (Å²) in [6, 6.07) is 6.99. The van der Waals surface area contributed by atoms with Crippen LogP contribution in [0.1, 0.15) is 15.4 Å². The van der Waals surface area contributed by atoms with Gasteiger partial charge in [-0.2, -0.15) is 0 Å². The molecule has 5 nitrogen and oxygen atoms in total. The van der Waals surface area contributed by atoms with E-state index in [-0.39, 0.29) is 12.5 Å². The second-order valence-electron chi connectivity index (χ2n) is 4.00. The lowest BCUT2D eigenvalue weighted by molar-refractivity contribution is 0.103. The van der Waals surface area contributed by atoms with Gasteiger partial charge in [0.1, 0.15) is 22.2 Å². The fraction of sp³-hybridized carbons (Fsp3) is 0.154. The number of nitrogens with one attached hydrogen (secondary N) is 1. The van der Waals surface area contributed by atoms with Crippen LogP contribution in [0.3, 0.4) is 0 Å². The van der Waals surface area contributed by atoms with Gasteiger partial charge in [0.15, 0.2) is 0 Å². The number of hydrogen-bond donors (Lipinski definition) is 2. The Kier molecular flexibility index (Phi) is 4.65. The molecule has 1 aromatic carbocycles. The van der Waals surface area contributed by atoms with Crippen molar-refractivity contribution < 1.29 is 9.53 Å². The minimum Gasteiger partial charge on any atom is -0.487 e. The van der Waals surface area contributed by atoms with Crippen LogP contribution in [0, 0.1) is 6.92 Å². The number of anilines is 1. The molecule has 0 bridgehead atoms. The molecule has 0 unspecified atom stereocenters. The number of carbonyl (C=O) groups is 1. The standard InChI is InChI=1S/C13H13N3O2S2/c1-8-12(20-7-15-8)13(17)16-9-2-4-10(5-3-9)18-6-11(14)19/h2-5,7H,6H2,1H3,(H2,14,19)(H,16,17). The SMILES string of the molecule is Cc1ncsc1C(=O)Nc1ccc(OCC(N)=S)cc1. The Morgan fingerprint density at radius 1 is 1.45 bits per heavy atom. The van der Waals surface area contributed by atoms with Crippen LogP contribution in [0.2, 0.25) is 0 Å². The zero-order valence-electron chi connectivity index (χ0n) is 10.8. The first kappa shape index (κ1) is 14.4. The summed E-state index contributed by atoms with van der Waals surface area (Å²) in [6.45, 7) is 2.00. The van der Waals surface area contributed by atoms with Crippen molar-refractivity contribution in [1.82, 2.24) is 4.98 Å². The van der Waals surface area contributed by atoms with Crippen LogP contribution in [0.4, 0.5) is 5.69 Å². The second-order valence-corrected chi connectivity index (χ2v) is 5.38. The van der Waals surface area contributed by atoms with Crippen LogP contribution in [0.5, 0.6) is 5.75 Å². The minimum absolute atomic E-state index is 0.165. The molecule has 0 saturated carbocycles. The van der Waals surface area contributed by atoms with Crippen molar-refractivity contribution in [2.45, 2.75) is 6.92 Å². The summed E-state index contributed by atoms with van der Waals surface area (Å²) in [6.07, 6.45) is 0. The van der Waals surface area contributed by atoms with Crippen molar-refractivity contribution >= 4 is 40.1 Å². The average molecular weight is 307 g/mol. The molecule has 20 heavy (non-hydrogen) atoms. The highest BCUT2D eigenvalue weighted by molar-refractivity contribution is 7.80. The van der Waals surface area contributed by atoms with Gasteiger partial charge in [-0.05, 0) is 31.2 Å². The van der Waals surface area contributed by atoms with E-state index in [4.69, 9.17) is 22.7 Å². The molecule has 2 rings (SSSR count). The molecule has 0 spiro atoms. The molecule has 0 aliphatic carbocycles. The number of thiocarbonyl (C=S) groups is 1. The van der Waals surface area contributed by atoms with E-state index in [9.17, 15) is 4.79 Å². The molecule has 0 saturated heterocycles. The smallest absolute Gasteiger partial charge is 0.267 e. The van der Waals surface area contributed by atoms with E-state index in [1.165, 1.54) is 11.3 Å². The molecule has 7 heteroatoms. The first-order valence-electron chi connectivity index (χ1n) is 5.79. The highest BCUT2D eigenvalue weighted by atomic mass is 32.1. The summed E-state index contributed by atoms with van der Waals surface area (Å²) in [5.74, 6) is 0.478. The summed E-state index contributed by atoms with van der Waals surface area (Å²) < 4.78 is 5.33. The zero-order chi connectivity index (χ0) is 14.5. The molecule has 0 fully saturated rings. The minimum atomic E-state index is -0.165. The topological polar surface area (TPSA) is 77.2 Å². The molecule has 104 valence electrons. The number of nitrogens with two attached hydrogens (primary N) is 1. The molecular weight excluding hydrogens is 294 g/mol. The maximum Gasteiger partial charge on any atom is 0.267 e. The largest absolute Gasteiger partial charge is 0.487 e. The highest BCUT2D eigenvalue weighted by Crippen LogP contribution is 2.18. The number of hydrogen-bond acceptors (Lipinski definition) is 5. The number of benzene rings is 1. The zero-order valence-corrected chi connectivity index (χ0v) is 12.4. The average Bonchev–Trinajstić information content (AvgIpc) is 2.84. The Morgan fingerprint density at radius 2 is 2.15 bits per heavy atom. The van der Waals surface area contributed by atoms with Crippen molar-refractivity contribution in [2.24, 2.45) is 5.73 Å². The van der Waals surface area contributed by atoms with Gasteiger partial charge in [-0.15, -0.1) is 11.3 Å². The molecule has 0 radical (unpaired) electrons. The molecule has 1 amide bonds. The number of thiazole rings is 1. The Labute approximate surface area is 125 Å². The van der Waals surface area contributed by atoms with E-state index in [0.29, 0.717) is 21.3 Å². The van der Waals surface area contributed by atoms with E-state index < -0.39 is 0 Å². The third-order valence-electron chi connectivity index (χ3n) is 2.45. The van der Waals surface area contributed by atoms with Crippen molar-refractivity contribution in [3.05, 3.63) is 40.3 Å². The van der Waals surface area contributed by atoms with Crippen LogP contribution in [0.25, 0.3) is 0 Å². The second kappa shape index (κ2) is 6.44. The van der Waals surface area contributed by atoms with Gasteiger partial charge in [0.2, 0.25) is 0 Å². The van der Waals surface area contributed by atoms with Crippen molar-refractivity contribution in [3.63, 3.8) is 0 Å². The summed E-state index contributed by atoms with van der Waals surface area (Å²) in [5, 5.41) is 2.80. The van der Waals surface area contributed by atoms with Crippen LogP contribution < -0.4 is 15.8 Å². The molecule has 0 aliphatic heterocycles. The number of carbonyl (C=O) groups excluding carboxylic acids is 1. The lowest BCUT2D eigenvalue weighted by atomic mass is 10.3. The predicted molar refractivity (Wildman–Crippen MR) is 83.5 cm³/mol. The van der Waals surface area contributed by atoms with Gasteiger partial charge in [-0.1, -0.05) is 12.2 Å². The number of ether oxygens (including phenoxy) is 1. The van der Waals surface area contributed by atoms with Gasteiger partial charge in [-0.25, -0.2) is 4.98 Å². The van der Waals surface area contributed by atoms with E-state index in [0.717, 1.165) is 5.69 Å². The van der Waals surface area contributed by atoms with E-state index in [1.807, 2.05) is 0 Å². The van der Waals surface area contributed by atoms with Gasteiger partial charge in [-0.3, -0.25) is 4.79 Å². The van der Waals surface area contributed by atoms with Gasteiger partial charge in [0.25, 0.3) is 5.91 Å². The highest BCUT2D eigenvalue weighted by Gasteiger charge is 2.11. The third kappa shape index (κ3) is 3.75. The number of aryl methyl sites for hydroxylation is 1. The van der Waals surface area contributed by atoms with E-state index in [2.05, 4.69) is 10.3 Å². The maximum atomic E-state index is 12.0. The predicted octanol–water partition coefficient (Wildman–Crippen LogP) is 2.37. The van der Waals surface area contributed by atoms with Crippen molar-refractivity contribution in [1.29, 1.82) is 0 Å². The van der Waals surface area contributed by atoms with Gasteiger partial charge in [0.05, 0.1) is 11.2 Å². The third-order valence-corrected chi connectivity index (χ3v) is 3.49. The number of amides is 1. The molecule has 0 aliphatic rings. The molecule has 3 N–H and O–H groups in total. The Morgan fingerprint density at radius 3 is 2.70 bits per heavy atom. The molecule has 2 aromatic rings. The maximum absolute atomic E-state index is 12.0. The summed E-state index contributed by atoms with van der Waals surface area (Å²) >= 11 is 6.04. The van der Waals surface area contributed by atoms with Crippen molar-refractivity contribution in [2.75, 3.05) is 11.9 Å². The summed E-state index contributed by atoms with van der Waals surface area (Å²) in [7, 11) is 0. The Hall–Kier alpha value is -1.99.